The van der Waals surface area contributed by atoms with Crippen molar-refractivity contribution >= 4 is 11.4 Å². The van der Waals surface area contributed by atoms with Crippen molar-refractivity contribution < 1.29 is 22.7 Å². The highest BCUT2D eigenvalue weighted by atomic mass is 19.4. The maximum Gasteiger partial charge on any atom is 0.573 e. The van der Waals surface area contributed by atoms with Gasteiger partial charge in [0.05, 0.1) is 12.3 Å². The summed E-state index contributed by atoms with van der Waals surface area (Å²) in [5, 5.41) is 3.35. The van der Waals surface area contributed by atoms with E-state index >= 15 is 0 Å². The van der Waals surface area contributed by atoms with Crippen molar-refractivity contribution in [2.24, 2.45) is 0 Å². The van der Waals surface area contributed by atoms with E-state index in [1.54, 1.807) is 12.4 Å². The molecule has 0 radical (unpaired) electrons. The molecule has 2 aromatic carbocycles. The second kappa shape index (κ2) is 9.80. The maximum atomic E-state index is 12.2. The van der Waals surface area contributed by atoms with Crippen molar-refractivity contribution in [3.05, 3.63) is 96.3 Å². The van der Waals surface area contributed by atoms with Crippen LogP contribution in [-0.4, -0.2) is 11.3 Å². The highest BCUT2D eigenvalue weighted by Crippen LogP contribution is 2.24. The first-order valence-corrected chi connectivity index (χ1v) is 9.04. The van der Waals surface area contributed by atoms with Crippen LogP contribution in [0.2, 0.25) is 0 Å². The lowest BCUT2D eigenvalue weighted by molar-refractivity contribution is -0.274. The van der Waals surface area contributed by atoms with Gasteiger partial charge in [0.15, 0.2) is 0 Å². The lowest BCUT2D eigenvalue weighted by atomic mass is 10.1. The summed E-state index contributed by atoms with van der Waals surface area (Å²) >= 11 is 0. The minimum atomic E-state index is -4.71. The molecule has 0 aliphatic rings. The van der Waals surface area contributed by atoms with Gasteiger partial charge in [-0.3, -0.25) is 15.3 Å². The van der Waals surface area contributed by atoms with Gasteiger partial charge in [-0.05, 0) is 41.5 Å². The highest BCUT2D eigenvalue weighted by Gasteiger charge is 2.30. The molecule has 30 heavy (non-hydrogen) atoms. The third-order valence-corrected chi connectivity index (χ3v) is 4.08. The lowest BCUT2D eigenvalue weighted by Gasteiger charge is -2.15. The fourth-order valence-corrected chi connectivity index (χ4v) is 2.65. The Labute approximate surface area is 172 Å². The zero-order chi connectivity index (χ0) is 21.4. The van der Waals surface area contributed by atoms with Crippen LogP contribution in [0.1, 0.15) is 16.7 Å². The molecule has 0 aliphatic carbocycles. The van der Waals surface area contributed by atoms with E-state index < -0.39 is 6.36 Å². The average molecular weight is 415 g/mol. The van der Waals surface area contributed by atoms with Gasteiger partial charge in [-0.25, -0.2) is 0 Å². The van der Waals surface area contributed by atoms with Gasteiger partial charge in [-0.1, -0.05) is 36.9 Å². The Hall–Kier alpha value is -3.52. The van der Waals surface area contributed by atoms with Gasteiger partial charge in [0.25, 0.3) is 0 Å². The molecule has 3 rings (SSSR count). The molecule has 2 N–H and O–H groups in total. The molecule has 0 amide bonds. The molecule has 0 saturated heterocycles. The minimum absolute atomic E-state index is 0.137. The lowest BCUT2D eigenvalue weighted by Crippen LogP contribution is -2.17. The summed E-state index contributed by atoms with van der Waals surface area (Å²) < 4.78 is 40.5. The number of nitrogens with zero attached hydrogens (tertiary/aromatic N) is 1. The van der Waals surface area contributed by atoms with E-state index in [4.69, 9.17) is 4.84 Å². The summed E-state index contributed by atoms with van der Waals surface area (Å²) in [5.74, 6) is -0.280. The number of halogens is 3. The predicted octanol–water partition coefficient (Wildman–Crippen LogP) is 5.28. The van der Waals surface area contributed by atoms with Gasteiger partial charge in [-0.2, -0.15) is 0 Å². The Balaban J connectivity index is 1.52. The van der Waals surface area contributed by atoms with Gasteiger partial charge in [-0.15, -0.1) is 13.2 Å². The Bertz CT molecular complexity index is 961. The Morgan fingerprint density at radius 3 is 2.33 bits per heavy atom. The minimum Gasteiger partial charge on any atom is -0.406 e. The standard InChI is InChI=1S/C22H20F3N3O2/c1-16(28-29-15-18-6-8-19(9-7-18)30-22(23,24)25)20-4-2-3-5-21(20)27-14-17-10-12-26-13-11-17/h2-13,27-28H,1,14-15H2. The molecule has 3 aromatic rings. The molecule has 8 heteroatoms. The number of anilines is 1. The summed E-state index contributed by atoms with van der Waals surface area (Å²) in [7, 11) is 0. The second-order valence-corrected chi connectivity index (χ2v) is 6.32. The molecule has 0 unspecified atom stereocenters. The van der Waals surface area contributed by atoms with Gasteiger partial charge >= 0.3 is 6.36 Å². The largest absolute Gasteiger partial charge is 0.573 e. The van der Waals surface area contributed by atoms with E-state index in [0.29, 0.717) is 17.8 Å². The van der Waals surface area contributed by atoms with Crippen LogP contribution in [0.3, 0.4) is 0 Å². The number of hydrogen-bond donors (Lipinski definition) is 2. The van der Waals surface area contributed by atoms with Crippen molar-refractivity contribution in [3.8, 4) is 5.75 Å². The molecule has 156 valence electrons. The van der Waals surface area contributed by atoms with Crippen LogP contribution in [-0.2, 0) is 18.0 Å². The summed E-state index contributed by atoms with van der Waals surface area (Å²) in [6.07, 6.45) is -1.24. The zero-order valence-electron chi connectivity index (χ0n) is 15.9. The molecule has 0 fully saturated rings. The smallest absolute Gasteiger partial charge is 0.406 e. The number of para-hydroxylation sites is 1. The van der Waals surface area contributed by atoms with Crippen molar-refractivity contribution in [1.29, 1.82) is 0 Å². The van der Waals surface area contributed by atoms with Crippen LogP contribution in [0.15, 0.2) is 79.6 Å². The molecule has 0 saturated carbocycles. The maximum absolute atomic E-state index is 12.2. The molecular weight excluding hydrogens is 395 g/mol. The van der Waals surface area contributed by atoms with Gasteiger partial charge < -0.3 is 10.1 Å². The van der Waals surface area contributed by atoms with Crippen LogP contribution in [0, 0.1) is 0 Å². The number of ether oxygens (including phenoxy) is 1. The number of alkyl halides is 3. The Morgan fingerprint density at radius 2 is 1.63 bits per heavy atom. The number of nitrogens with one attached hydrogen (secondary N) is 2. The monoisotopic (exact) mass is 415 g/mol. The molecule has 0 spiro atoms. The van der Waals surface area contributed by atoms with E-state index in [1.165, 1.54) is 24.3 Å². The normalized spacial score (nSPS) is 11.0. The van der Waals surface area contributed by atoms with E-state index in [1.807, 2.05) is 36.4 Å². The van der Waals surface area contributed by atoms with Crippen molar-refractivity contribution in [2.75, 3.05) is 5.32 Å². The predicted molar refractivity (Wildman–Crippen MR) is 108 cm³/mol. The molecule has 1 aromatic heterocycles. The van der Waals surface area contributed by atoms with Crippen LogP contribution in [0.25, 0.3) is 5.70 Å². The third kappa shape index (κ3) is 6.52. The zero-order valence-corrected chi connectivity index (χ0v) is 15.9. The SMILES string of the molecule is C=C(NOCc1ccc(OC(F)(F)F)cc1)c1ccccc1NCc1ccncc1. The molecule has 0 bridgehead atoms. The third-order valence-electron chi connectivity index (χ3n) is 4.08. The van der Waals surface area contributed by atoms with Crippen LogP contribution < -0.4 is 15.5 Å². The molecule has 1 heterocycles. The molecular formula is C22H20F3N3O2. The van der Waals surface area contributed by atoms with Crippen molar-refractivity contribution in [1.82, 2.24) is 10.5 Å². The Kier molecular flexibility index (Phi) is 6.92. The van der Waals surface area contributed by atoms with Gasteiger partial charge in [0.1, 0.15) is 5.75 Å². The molecule has 5 nitrogen and oxygen atoms in total. The van der Waals surface area contributed by atoms with Gasteiger partial charge in [0.2, 0.25) is 0 Å². The Morgan fingerprint density at radius 1 is 0.933 bits per heavy atom. The number of hydroxylamine groups is 1. The average Bonchev–Trinajstić information content (AvgIpc) is 2.73. The first kappa shape index (κ1) is 21.2. The van der Waals surface area contributed by atoms with Crippen LogP contribution >= 0.6 is 0 Å². The second-order valence-electron chi connectivity index (χ2n) is 6.32. The quantitative estimate of drug-likeness (QED) is 0.466. The fourth-order valence-electron chi connectivity index (χ4n) is 2.65. The first-order chi connectivity index (χ1) is 14.4. The van der Waals surface area contributed by atoms with Crippen molar-refractivity contribution in [3.63, 3.8) is 0 Å². The number of hydrogen-bond acceptors (Lipinski definition) is 5. The number of benzene rings is 2. The number of rotatable bonds is 9. The van der Waals surface area contributed by atoms with E-state index in [2.05, 4.69) is 27.1 Å². The topological polar surface area (TPSA) is 55.4 Å². The summed E-state index contributed by atoms with van der Waals surface area (Å²) in [6.45, 7) is 4.76. The van der Waals surface area contributed by atoms with Crippen molar-refractivity contribution in [2.45, 2.75) is 19.5 Å². The molecule has 0 atom stereocenters. The summed E-state index contributed by atoms with van der Waals surface area (Å²) in [6, 6.07) is 17.0. The highest BCUT2D eigenvalue weighted by molar-refractivity contribution is 5.73. The number of aromatic nitrogens is 1. The molecule has 0 aliphatic heterocycles. The van der Waals surface area contributed by atoms with Crippen LogP contribution in [0.4, 0.5) is 18.9 Å². The van der Waals surface area contributed by atoms with E-state index in [0.717, 1.165) is 16.8 Å². The summed E-state index contributed by atoms with van der Waals surface area (Å²) in [4.78, 5) is 9.45. The van der Waals surface area contributed by atoms with E-state index in [-0.39, 0.29) is 12.4 Å². The summed E-state index contributed by atoms with van der Waals surface area (Å²) in [5.41, 5.74) is 6.81. The van der Waals surface area contributed by atoms with Gasteiger partial charge in [0, 0.05) is 30.2 Å². The van der Waals surface area contributed by atoms with E-state index in [9.17, 15) is 13.2 Å². The fraction of sp³-hybridized carbons (Fsp3) is 0.136. The first-order valence-electron chi connectivity index (χ1n) is 9.04. The number of pyridine rings is 1. The van der Waals surface area contributed by atoms with Crippen LogP contribution in [0.5, 0.6) is 5.75 Å².